The fourth-order valence-electron chi connectivity index (χ4n) is 0.552. The van der Waals surface area contributed by atoms with Crippen LogP contribution in [-0.4, -0.2) is 15.1 Å². The Balaban J connectivity index is 2.96. The molecule has 0 atom stereocenters. The van der Waals surface area contributed by atoms with Crippen molar-refractivity contribution in [1.29, 1.82) is 5.39 Å². The number of rotatable bonds is 1. The van der Waals surface area contributed by atoms with E-state index in [0.29, 0.717) is 0 Å². The van der Waals surface area contributed by atoms with Crippen LogP contribution in [0.2, 0.25) is 0 Å². The van der Waals surface area contributed by atoms with Gasteiger partial charge in [-0.2, -0.15) is 0 Å². The molecule has 1 N–H and O–H groups in total. The number of aromatic nitrogens is 2. The first kappa shape index (κ1) is 7.15. The maximum Gasteiger partial charge on any atom is 0.393 e. The lowest BCUT2D eigenvalue weighted by Gasteiger charge is -1.89. The molecule has 1 rings (SSSR count). The highest BCUT2D eigenvalue weighted by Gasteiger charge is 2.03. The third-order valence-corrected chi connectivity index (χ3v) is 1.01. The summed E-state index contributed by atoms with van der Waals surface area (Å²) in [5.41, 5.74) is 0.269. The van der Waals surface area contributed by atoms with Crippen molar-refractivity contribution in [1.82, 2.24) is 9.97 Å². The van der Waals surface area contributed by atoms with Gasteiger partial charge in [0.25, 0.3) is 0 Å². The molecule has 5 heteroatoms. The Morgan fingerprint density at radius 1 is 1.64 bits per heavy atom. The molecule has 0 aliphatic carbocycles. The molecule has 54 valence electrons. The fourth-order valence-corrected chi connectivity index (χ4v) is 0.552. The van der Waals surface area contributed by atoms with Gasteiger partial charge in [-0.3, -0.25) is 4.98 Å². The maximum absolute atomic E-state index is 9.03. The van der Waals surface area contributed by atoms with Crippen LogP contribution in [0.1, 0.15) is 5.69 Å². The Morgan fingerprint density at radius 2 is 2.45 bits per heavy atom. The molecule has 1 aromatic heterocycles. The Bertz CT molecular complexity index is 300. The number of hydrogen-bond donors (Lipinski definition) is 1. The SMILES string of the molecule is N#[N+]C=C(O)c1cnccn1. The van der Waals surface area contributed by atoms with E-state index >= 15 is 0 Å². The van der Waals surface area contributed by atoms with Gasteiger partial charge in [0.05, 0.1) is 6.20 Å². The van der Waals surface area contributed by atoms with Gasteiger partial charge in [-0.05, 0) is 0 Å². The first-order valence-corrected chi connectivity index (χ1v) is 2.84. The first-order chi connectivity index (χ1) is 5.34. The average Bonchev–Trinajstić information content (AvgIpc) is 2.07. The molecule has 0 aliphatic rings. The molecule has 1 heterocycles. The molecule has 0 spiro atoms. The molecule has 0 amide bonds. The Hall–Kier alpha value is -1.96. The lowest BCUT2D eigenvalue weighted by atomic mass is 10.4. The average molecular weight is 149 g/mol. The summed E-state index contributed by atoms with van der Waals surface area (Å²) >= 11 is 0. The van der Waals surface area contributed by atoms with E-state index < -0.39 is 0 Å². The van der Waals surface area contributed by atoms with Crippen LogP contribution < -0.4 is 0 Å². The van der Waals surface area contributed by atoms with Crippen LogP contribution >= 0.6 is 0 Å². The maximum atomic E-state index is 9.03. The van der Waals surface area contributed by atoms with E-state index in [0.717, 1.165) is 6.20 Å². The number of aliphatic hydroxyl groups excluding tert-OH is 1. The van der Waals surface area contributed by atoms with Crippen molar-refractivity contribution >= 4 is 5.76 Å². The van der Waals surface area contributed by atoms with Gasteiger partial charge in [0.15, 0.2) is 4.98 Å². The normalized spacial score (nSPS) is 10.6. The van der Waals surface area contributed by atoms with Gasteiger partial charge in [0.1, 0.15) is 5.69 Å². The lowest BCUT2D eigenvalue weighted by Crippen LogP contribution is -1.87. The second kappa shape index (κ2) is 3.27. The summed E-state index contributed by atoms with van der Waals surface area (Å²) in [5, 5.41) is 17.1. The van der Waals surface area contributed by atoms with E-state index in [4.69, 9.17) is 10.5 Å². The molecule has 0 bridgehead atoms. The smallest absolute Gasteiger partial charge is 0.393 e. The molecule has 0 aromatic carbocycles. The van der Waals surface area contributed by atoms with E-state index in [1.54, 1.807) is 0 Å². The van der Waals surface area contributed by atoms with Crippen molar-refractivity contribution in [3.05, 3.63) is 35.5 Å². The Morgan fingerprint density at radius 3 is 3.00 bits per heavy atom. The summed E-state index contributed by atoms with van der Waals surface area (Å²) < 4.78 is 0. The summed E-state index contributed by atoms with van der Waals surface area (Å²) in [6.45, 7) is 0. The number of diazo groups is 1. The monoisotopic (exact) mass is 149 g/mol. The summed E-state index contributed by atoms with van der Waals surface area (Å²) in [4.78, 5) is 10.1. The van der Waals surface area contributed by atoms with Gasteiger partial charge in [-0.1, -0.05) is 0 Å². The zero-order chi connectivity index (χ0) is 8.10. The molecule has 0 aliphatic heterocycles. The summed E-state index contributed by atoms with van der Waals surface area (Å²) in [6, 6.07) is 0. The Labute approximate surface area is 62.7 Å². The van der Waals surface area contributed by atoms with Crippen LogP contribution in [0.4, 0.5) is 0 Å². The molecule has 0 radical (unpaired) electrons. The van der Waals surface area contributed by atoms with Crippen LogP contribution in [0.25, 0.3) is 10.7 Å². The van der Waals surface area contributed by atoms with Gasteiger partial charge >= 0.3 is 6.20 Å². The summed E-state index contributed by atoms with van der Waals surface area (Å²) in [5.74, 6) is -0.222. The molecule has 0 saturated carbocycles. The first-order valence-electron chi connectivity index (χ1n) is 2.84. The topological polar surface area (TPSA) is 74.2 Å². The molecule has 1 aromatic rings. The van der Waals surface area contributed by atoms with E-state index in [9.17, 15) is 0 Å². The minimum absolute atomic E-state index is 0.222. The standard InChI is InChI=1S/C6H4N4O/c7-10-4-6(11)5-3-8-1-2-9-5/h1-4H/p+1. The summed E-state index contributed by atoms with van der Waals surface area (Å²) in [7, 11) is 0. The van der Waals surface area contributed by atoms with Crippen molar-refractivity contribution < 1.29 is 5.11 Å². The number of nitrogens with zero attached hydrogens (tertiary/aromatic N) is 4. The molecular weight excluding hydrogens is 144 g/mol. The molecule has 0 fully saturated rings. The zero-order valence-electron chi connectivity index (χ0n) is 5.55. The second-order valence-electron chi connectivity index (χ2n) is 1.72. The van der Waals surface area contributed by atoms with E-state index in [1.165, 1.54) is 18.6 Å². The largest absolute Gasteiger partial charge is 0.500 e. The zero-order valence-corrected chi connectivity index (χ0v) is 5.55. The minimum Gasteiger partial charge on any atom is -0.500 e. The molecular formula is C6H5N4O+. The third kappa shape index (κ3) is 1.72. The van der Waals surface area contributed by atoms with Crippen LogP contribution in [0, 0.1) is 5.39 Å². The highest BCUT2D eigenvalue weighted by Crippen LogP contribution is 2.04. The van der Waals surface area contributed by atoms with Crippen molar-refractivity contribution in [3.8, 4) is 0 Å². The summed E-state index contributed by atoms with van der Waals surface area (Å²) in [6.07, 6.45) is 5.14. The van der Waals surface area contributed by atoms with Crippen molar-refractivity contribution in [2.45, 2.75) is 0 Å². The van der Waals surface area contributed by atoms with E-state index in [2.05, 4.69) is 14.9 Å². The van der Waals surface area contributed by atoms with Gasteiger partial charge in [0, 0.05) is 12.4 Å². The van der Waals surface area contributed by atoms with Gasteiger partial charge in [-0.25, -0.2) is 4.98 Å². The van der Waals surface area contributed by atoms with Gasteiger partial charge < -0.3 is 5.11 Å². The fraction of sp³-hybridized carbons (Fsp3) is 0. The van der Waals surface area contributed by atoms with Crippen molar-refractivity contribution in [2.24, 2.45) is 0 Å². The van der Waals surface area contributed by atoms with Crippen LogP contribution in [0.15, 0.2) is 24.8 Å². The minimum atomic E-state index is -0.222. The van der Waals surface area contributed by atoms with Crippen LogP contribution in [0.3, 0.4) is 0 Å². The van der Waals surface area contributed by atoms with Crippen LogP contribution in [-0.2, 0) is 0 Å². The van der Waals surface area contributed by atoms with Gasteiger partial charge in [-0.15, -0.1) is 0 Å². The quantitative estimate of drug-likeness (QED) is 0.480. The lowest BCUT2D eigenvalue weighted by molar-refractivity contribution is 0.508. The predicted octanol–water partition coefficient (Wildman–Crippen LogP) is 1.19. The second-order valence-corrected chi connectivity index (χ2v) is 1.72. The van der Waals surface area contributed by atoms with Crippen molar-refractivity contribution in [2.75, 3.05) is 0 Å². The Kier molecular flexibility index (Phi) is 2.13. The number of hydrogen-bond acceptors (Lipinski definition) is 4. The molecule has 0 unspecified atom stereocenters. The van der Waals surface area contributed by atoms with Crippen LogP contribution in [0.5, 0.6) is 0 Å². The molecule has 11 heavy (non-hydrogen) atoms. The van der Waals surface area contributed by atoms with Gasteiger partial charge in [0.2, 0.25) is 11.2 Å². The molecule has 0 saturated heterocycles. The van der Waals surface area contributed by atoms with E-state index in [-0.39, 0.29) is 11.5 Å². The van der Waals surface area contributed by atoms with Crippen molar-refractivity contribution in [3.63, 3.8) is 0 Å². The molecule has 5 nitrogen and oxygen atoms in total. The third-order valence-electron chi connectivity index (χ3n) is 1.01. The predicted molar refractivity (Wildman–Crippen MR) is 37.7 cm³/mol. The highest BCUT2D eigenvalue weighted by atomic mass is 16.3. The van der Waals surface area contributed by atoms with E-state index in [1.807, 2.05) is 0 Å². The number of aliphatic hydroxyl groups is 1. The highest BCUT2D eigenvalue weighted by molar-refractivity contribution is 5.53.